The van der Waals surface area contributed by atoms with Gasteiger partial charge >= 0.3 is 0 Å². The summed E-state index contributed by atoms with van der Waals surface area (Å²) in [5.74, 6) is 0. The van der Waals surface area contributed by atoms with Crippen molar-refractivity contribution in [2.75, 3.05) is 6.61 Å². The molecule has 0 heterocycles. The lowest BCUT2D eigenvalue weighted by Crippen LogP contribution is -2.35. The number of aliphatic hydroxyl groups excluding tert-OH is 1. The Kier molecular flexibility index (Phi) is 2.75. The third-order valence-electron chi connectivity index (χ3n) is 4.68. The van der Waals surface area contributed by atoms with E-state index in [4.69, 9.17) is 0 Å². The Bertz CT molecular complexity index is 799. The third-order valence-corrected chi connectivity index (χ3v) is 4.68. The van der Waals surface area contributed by atoms with Crippen LogP contribution in [0.1, 0.15) is 24.0 Å². The molecular formula is C19H18O. The van der Waals surface area contributed by atoms with Gasteiger partial charge < -0.3 is 5.11 Å². The van der Waals surface area contributed by atoms with Crippen molar-refractivity contribution in [2.45, 2.75) is 25.7 Å². The van der Waals surface area contributed by atoms with Crippen LogP contribution in [0.2, 0.25) is 0 Å². The molecule has 0 radical (unpaired) electrons. The van der Waals surface area contributed by atoms with Crippen molar-refractivity contribution < 1.29 is 5.11 Å². The van der Waals surface area contributed by atoms with Gasteiger partial charge in [0, 0.05) is 0 Å². The fraction of sp³-hybridized carbons (Fsp3) is 0.263. The van der Waals surface area contributed by atoms with Gasteiger partial charge in [-0.3, -0.25) is 0 Å². The highest BCUT2D eigenvalue weighted by Gasteiger charge is 2.18. The zero-order valence-corrected chi connectivity index (χ0v) is 11.5. The summed E-state index contributed by atoms with van der Waals surface area (Å²) < 4.78 is 0. The molecule has 0 spiro atoms. The average Bonchev–Trinajstić information content (AvgIpc) is 2.53. The minimum Gasteiger partial charge on any atom is -0.392 e. The lowest BCUT2D eigenvalue weighted by Gasteiger charge is -2.22. The van der Waals surface area contributed by atoms with Gasteiger partial charge in [0.2, 0.25) is 0 Å². The maximum absolute atomic E-state index is 9.55. The molecule has 0 aliphatic heterocycles. The van der Waals surface area contributed by atoms with Crippen molar-refractivity contribution in [3.8, 4) is 11.1 Å². The van der Waals surface area contributed by atoms with Gasteiger partial charge in [0.15, 0.2) is 0 Å². The van der Waals surface area contributed by atoms with Crippen molar-refractivity contribution in [3.05, 3.63) is 58.0 Å². The second kappa shape index (κ2) is 4.60. The third kappa shape index (κ3) is 1.66. The Hall–Kier alpha value is -1.86. The molecule has 0 unspecified atom stereocenters. The van der Waals surface area contributed by atoms with Crippen LogP contribution in [0.25, 0.3) is 22.8 Å². The van der Waals surface area contributed by atoms with Crippen molar-refractivity contribution in [1.82, 2.24) is 0 Å². The van der Waals surface area contributed by atoms with Crippen molar-refractivity contribution >= 4 is 11.6 Å². The van der Waals surface area contributed by atoms with E-state index in [1.165, 1.54) is 38.3 Å². The number of aliphatic hydroxyl groups is 1. The molecule has 0 atom stereocenters. The van der Waals surface area contributed by atoms with Gasteiger partial charge in [-0.25, -0.2) is 0 Å². The Morgan fingerprint density at radius 1 is 0.900 bits per heavy atom. The molecule has 100 valence electrons. The zero-order chi connectivity index (χ0) is 13.5. The molecule has 20 heavy (non-hydrogen) atoms. The van der Waals surface area contributed by atoms with Crippen LogP contribution < -0.4 is 10.4 Å². The van der Waals surface area contributed by atoms with Crippen LogP contribution in [-0.4, -0.2) is 11.7 Å². The van der Waals surface area contributed by atoms with E-state index in [2.05, 4.69) is 42.5 Å². The van der Waals surface area contributed by atoms with Crippen LogP contribution in [0.3, 0.4) is 0 Å². The van der Waals surface area contributed by atoms with Crippen molar-refractivity contribution in [3.63, 3.8) is 0 Å². The molecule has 1 nitrogen and oxygen atoms in total. The molecule has 2 aliphatic carbocycles. The van der Waals surface area contributed by atoms with Crippen LogP contribution in [-0.2, 0) is 12.8 Å². The summed E-state index contributed by atoms with van der Waals surface area (Å²) in [5.41, 5.74) is 6.92. The highest BCUT2D eigenvalue weighted by molar-refractivity contribution is 5.74. The van der Waals surface area contributed by atoms with Gasteiger partial charge in [0.05, 0.1) is 6.61 Å². The lowest BCUT2D eigenvalue weighted by molar-refractivity contribution is 0.345. The maximum atomic E-state index is 9.55. The molecule has 2 aliphatic rings. The summed E-state index contributed by atoms with van der Waals surface area (Å²) in [6.45, 7) is 0.191. The van der Waals surface area contributed by atoms with Crippen LogP contribution >= 0.6 is 0 Å². The van der Waals surface area contributed by atoms with Gasteiger partial charge in [-0.1, -0.05) is 42.5 Å². The van der Waals surface area contributed by atoms with Gasteiger partial charge in [-0.05, 0) is 63.9 Å². The van der Waals surface area contributed by atoms with Gasteiger partial charge in [-0.15, -0.1) is 0 Å². The Morgan fingerprint density at radius 3 is 2.70 bits per heavy atom. The van der Waals surface area contributed by atoms with E-state index in [1.807, 2.05) is 0 Å². The summed E-state index contributed by atoms with van der Waals surface area (Å²) in [6.07, 6.45) is 6.66. The number of fused-ring (bicyclic) bond motifs is 5. The van der Waals surface area contributed by atoms with E-state index >= 15 is 0 Å². The summed E-state index contributed by atoms with van der Waals surface area (Å²) >= 11 is 0. The van der Waals surface area contributed by atoms with Crippen molar-refractivity contribution in [2.24, 2.45) is 0 Å². The monoisotopic (exact) mass is 262 g/mol. The molecular weight excluding hydrogens is 244 g/mol. The first kappa shape index (κ1) is 11.9. The molecule has 0 amide bonds. The SMILES string of the molecule is OCC1=c2ccc3c(c2=CCC1)CCc1ccccc1-3. The number of hydrogen-bond donors (Lipinski definition) is 1. The molecule has 2 aromatic rings. The molecule has 4 rings (SSSR count). The minimum atomic E-state index is 0.191. The molecule has 0 saturated heterocycles. The van der Waals surface area contributed by atoms with Crippen LogP contribution in [0.5, 0.6) is 0 Å². The Morgan fingerprint density at radius 2 is 1.80 bits per heavy atom. The summed E-state index contributed by atoms with van der Waals surface area (Å²) in [7, 11) is 0. The molecule has 0 aromatic heterocycles. The molecule has 1 heteroatoms. The first-order chi connectivity index (χ1) is 9.88. The summed E-state index contributed by atoms with van der Waals surface area (Å²) in [6, 6.07) is 13.2. The molecule has 2 aromatic carbocycles. The zero-order valence-electron chi connectivity index (χ0n) is 11.5. The predicted octanol–water partition coefficient (Wildman–Crippen LogP) is 2.17. The largest absolute Gasteiger partial charge is 0.392 e. The Balaban J connectivity index is 2.06. The number of hydrogen-bond acceptors (Lipinski definition) is 1. The lowest BCUT2D eigenvalue weighted by atomic mass is 9.82. The summed E-state index contributed by atoms with van der Waals surface area (Å²) in [4.78, 5) is 0. The van der Waals surface area contributed by atoms with E-state index in [-0.39, 0.29) is 6.61 Å². The smallest absolute Gasteiger partial charge is 0.0650 e. The van der Waals surface area contributed by atoms with E-state index in [0.717, 1.165) is 25.7 Å². The Labute approximate surface area is 118 Å². The molecule has 1 N–H and O–H groups in total. The number of rotatable bonds is 1. The van der Waals surface area contributed by atoms with E-state index in [9.17, 15) is 5.11 Å². The first-order valence-corrected chi connectivity index (χ1v) is 7.42. The maximum Gasteiger partial charge on any atom is 0.0650 e. The van der Waals surface area contributed by atoms with Crippen LogP contribution in [0, 0.1) is 0 Å². The fourth-order valence-corrected chi connectivity index (χ4v) is 3.68. The second-order valence-electron chi connectivity index (χ2n) is 5.71. The topological polar surface area (TPSA) is 20.2 Å². The second-order valence-corrected chi connectivity index (χ2v) is 5.71. The fourth-order valence-electron chi connectivity index (χ4n) is 3.68. The molecule has 0 saturated carbocycles. The van der Waals surface area contributed by atoms with E-state index in [0.29, 0.717) is 0 Å². The van der Waals surface area contributed by atoms with E-state index < -0.39 is 0 Å². The molecule has 0 fully saturated rings. The first-order valence-electron chi connectivity index (χ1n) is 7.42. The highest BCUT2D eigenvalue weighted by atomic mass is 16.3. The average molecular weight is 262 g/mol. The van der Waals surface area contributed by atoms with Crippen LogP contribution in [0.4, 0.5) is 0 Å². The summed E-state index contributed by atoms with van der Waals surface area (Å²) in [5, 5.41) is 12.2. The van der Waals surface area contributed by atoms with Gasteiger partial charge in [0.1, 0.15) is 0 Å². The van der Waals surface area contributed by atoms with Crippen LogP contribution in [0.15, 0.2) is 36.4 Å². The standard InChI is InChI=1S/C19H18O/c20-12-14-5-3-7-17-16(14)10-11-18-15-6-2-1-4-13(15)8-9-19(17)18/h1-2,4,6-7,10-11,20H,3,5,8-9,12H2. The van der Waals surface area contributed by atoms with Crippen molar-refractivity contribution in [1.29, 1.82) is 0 Å². The minimum absolute atomic E-state index is 0.191. The normalized spacial score (nSPS) is 15.9. The molecule has 0 bridgehead atoms. The quantitative estimate of drug-likeness (QED) is 0.835. The predicted molar refractivity (Wildman–Crippen MR) is 82.7 cm³/mol. The highest BCUT2D eigenvalue weighted by Crippen LogP contribution is 2.31. The van der Waals surface area contributed by atoms with E-state index in [1.54, 1.807) is 0 Å². The van der Waals surface area contributed by atoms with Gasteiger partial charge in [-0.2, -0.15) is 0 Å². The number of benzene rings is 2. The number of aryl methyl sites for hydroxylation is 1. The van der Waals surface area contributed by atoms with Gasteiger partial charge in [0.25, 0.3) is 0 Å².